The van der Waals surface area contributed by atoms with Crippen LogP contribution in [0.3, 0.4) is 0 Å². The molecule has 1 aromatic rings. The van der Waals surface area contributed by atoms with Gasteiger partial charge in [-0.1, -0.05) is 6.42 Å². The molecular weight excluding hydrogens is 280 g/mol. The molecule has 0 bridgehead atoms. The number of anilines is 2. The third-order valence-electron chi connectivity index (χ3n) is 3.67. The Morgan fingerprint density at radius 1 is 1.27 bits per heavy atom. The summed E-state index contributed by atoms with van der Waals surface area (Å²) in [6.45, 7) is 6.44. The number of benzene rings is 1. The average molecular weight is 306 g/mol. The third kappa shape index (κ3) is 4.83. The monoisotopic (exact) mass is 306 g/mol. The van der Waals surface area contributed by atoms with E-state index in [-0.39, 0.29) is 0 Å². The Morgan fingerprint density at radius 3 is 2.55 bits per heavy atom. The predicted octanol–water partition coefficient (Wildman–Crippen LogP) is 4.25. The van der Waals surface area contributed by atoms with Crippen molar-refractivity contribution in [3.63, 3.8) is 0 Å². The minimum absolute atomic E-state index is 0.454. The summed E-state index contributed by atoms with van der Waals surface area (Å²) >= 11 is 0. The normalized spacial score (nSPS) is 14.9. The molecule has 22 heavy (non-hydrogen) atoms. The number of methoxy groups -OCH3 is 1. The number of rotatable bonds is 5. The van der Waals surface area contributed by atoms with E-state index < -0.39 is 11.7 Å². The van der Waals surface area contributed by atoms with Crippen molar-refractivity contribution in [2.75, 3.05) is 24.3 Å². The van der Waals surface area contributed by atoms with Crippen LogP contribution < -0.4 is 15.4 Å². The summed E-state index contributed by atoms with van der Waals surface area (Å²) < 4.78 is 10.6. The predicted molar refractivity (Wildman–Crippen MR) is 88.7 cm³/mol. The Balaban J connectivity index is 2.05. The van der Waals surface area contributed by atoms with E-state index in [4.69, 9.17) is 9.47 Å². The quantitative estimate of drug-likeness (QED) is 0.853. The molecule has 1 aliphatic rings. The molecule has 2 N–H and O–H groups in total. The first-order valence-electron chi connectivity index (χ1n) is 7.79. The summed E-state index contributed by atoms with van der Waals surface area (Å²) in [4.78, 5) is 11.9. The van der Waals surface area contributed by atoms with Gasteiger partial charge in [0.25, 0.3) is 0 Å². The number of nitrogens with one attached hydrogen (secondary N) is 2. The third-order valence-corrected chi connectivity index (χ3v) is 3.67. The summed E-state index contributed by atoms with van der Waals surface area (Å²) in [5.74, 6) is 1.48. The molecule has 0 aliphatic heterocycles. The van der Waals surface area contributed by atoms with Crippen molar-refractivity contribution in [2.45, 2.75) is 45.6 Å². The van der Waals surface area contributed by atoms with Gasteiger partial charge >= 0.3 is 6.09 Å². The summed E-state index contributed by atoms with van der Waals surface area (Å²) in [6, 6.07) is 5.54. The Morgan fingerprint density at radius 2 is 2.00 bits per heavy atom. The number of carbonyl (C=O) groups excluding carboxylic acids is 1. The summed E-state index contributed by atoms with van der Waals surface area (Å²) in [6.07, 6.45) is 3.40. The maximum absolute atomic E-state index is 11.9. The molecule has 0 spiro atoms. The molecule has 2 rings (SSSR count). The minimum atomic E-state index is -0.518. The highest BCUT2D eigenvalue weighted by Crippen LogP contribution is 2.31. The molecule has 5 nitrogen and oxygen atoms in total. The van der Waals surface area contributed by atoms with E-state index in [0.717, 1.165) is 23.9 Å². The van der Waals surface area contributed by atoms with Crippen LogP contribution >= 0.6 is 0 Å². The van der Waals surface area contributed by atoms with Gasteiger partial charge in [-0.15, -0.1) is 0 Å². The molecule has 122 valence electrons. The number of hydrogen-bond acceptors (Lipinski definition) is 4. The highest BCUT2D eigenvalue weighted by molar-refractivity contribution is 5.90. The first-order valence-corrected chi connectivity index (χ1v) is 7.79. The molecule has 0 unspecified atom stereocenters. The molecule has 1 fully saturated rings. The van der Waals surface area contributed by atoms with Crippen LogP contribution in [-0.4, -0.2) is 25.3 Å². The van der Waals surface area contributed by atoms with Gasteiger partial charge in [-0.25, -0.2) is 4.79 Å². The van der Waals surface area contributed by atoms with E-state index in [1.807, 2.05) is 39.0 Å². The maximum Gasteiger partial charge on any atom is 0.412 e. The van der Waals surface area contributed by atoms with Crippen LogP contribution in [0.1, 0.15) is 40.0 Å². The van der Waals surface area contributed by atoms with Gasteiger partial charge in [-0.05, 0) is 51.7 Å². The Bertz CT molecular complexity index is 519. The molecule has 1 amide bonds. The second kappa shape index (κ2) is 6.90. The maximum atomic E-state index is 11.9. The van der Waals surface area contributed by atoms with Crippen molar-refractivity contribution in [3.8, 4) is 5.75 Å². The molecule has 5 heteroatoms. The molecule has 0 atom stereocenters. The van der Waals surface area contributed by atoms with Gasteiger partial charge in [-0.3, -0.25) is 5.32 Å². The zero-order valence-corrected chi connectivity index (χ0v) is 13.9. The van der Waals surface area contributed by atoms with Gasteiger partial charge < -0.3 is 14.8 Å². The Labute approximate surface area is 132 Å². The molecule has 0 radical (unpaired) electrons. The molecular formula is C17H26N2O3. The lowest BCUT2D eigenvalue weighted by Gasteiger charge is -2.26. The number of amides is 1. The Kier molecular flexibility index (Phi) is 5.16. The summed E-state index contributed by atoms with van der Waals surface area (Å²) in [7, 11) is 1.63. The van der Waals surface area contributed by atoms with E-state index in [2.05, 4.69) is 10.6 Å². The second-order valence-electron chi connectivity index (χ2n) is 6.72. The summed E-state index contributed by atoms with van der Waals surface area (Å²) in [5, 5.41) is 6.21. The highest BCUT2D eigenvalue weighted by atomic mass is 16.6. The van der Waals surface area contributed by atoms with Crippen LogP contribution in [-0.2, 0) is 4.74 Å². The Hall–Kier alpha value is -1.91. The van der Waals surface area contributed by atoms with Gasteiger partial charge in [-0.2, -0.15) is 0 Å². The van der Waals surface area contributed by atoms with E-state index in [9.17, 15) is 4.79 Å². The van der Waals surface area contributed by atoms with Crippen LogP contribution in [0.2, 0.25) is 0 Å². The lowest BCUT2D eigenvalue weighted by molar-refractivity contribution is 0.0636. The summed E-state index contributed by atoms with van der Waals surface area (Å²) in [5.41, 5.74) is 1.04. The zero-order chi connectivity index (χ0) is 16.2. The van der Waals surface area contributed by atoms with Gasteiger partial charge in [0.1, 0.15) is 11.4 Å². The van der Waals surface area contributed by atoms with Crippen molar-refractivity contribution < 1.29 is 14.3 Å². The lowest BCUT2D eigenvalue weighted by atomic mass is 9.85. The van der Waals surface area contributed by atoms with Gasteiger partial charge in [0.2, 0.25) is 0 Å². The fourth-order valence-corrected chi connectivity index (χ4v) is 2.27. The molecule has 1 aliphatic carbocycles. The number of hydrogen-bond donors (Lipinski definition) is 2. The van der Waals surface area contributed by atoms with Crippen LogP contribution in [0.15, 0.2) is 18.2 Å². The smallest absolute Gasteiger partial charge is 0.412 e. The van der Waals surface area contributed by atoms with Crippen molar-refractivity contribution in [1.29, 1.82) is 0 Å². The van der Waals surface area contributed by atoms with Crippen LogP contribution in [0, 0.1) is 5.92 Å². The zero-order valence-electron chi connectivity index (χ0n) is 13.9. The lowest BCUT2D eigenvalue weighted by Crippen LogP contribution is -2.27. The standard InChI is InChI=1S/C17H26N2O3/c1-17(2,3)22-16(20)19-14-9-8-13(21-4)10-15(14)18-11-12-6-5-7-12/h8-10,12,18H,5-7,11H2,1-4H3,(H,19,20). The first kappa shape index (κ1) is 16.5. The van der Waals surface area contributed by atoms with Crippen LogP contribution in [0.25, 0.3) is 0 Å². The minimum Gasteiger partial charge on any atom is -0.497 e. The molecule has 1 aromatic carbocycles. The van der Waals surface area contributed by atoms with E-state index >= 15 is 0 Å². The van der Waals surface area contributed by atoms with E-state index in [1.54, 1.807) is 7.11 Å². The molecule has 1 saturated carbocycles. The topological polar surface area (TPSA) is 59.6 Å². The first-order chi connectivity index (χ1) is 10.4. The van der Waals surface area contributed by atoms with E-state index in [1.165, 1.54) is 19.3 Å². The SMILES string of the molecule is COc1ccc(NC(=O)OC(C)(C)C)c(NCC2CCC2)c1. The molecule has 0 heterocycles. The molecule has 0 aromatic heterocycles. The highest BCUT2D eigenvalue weighted by Gasteiger charge is 2.19. The van der Waals surface area contributed by atoms with E-state index in [0.29, 0.717) is 5.69 Å². The number of ether oxygens (including phenoxy) is 2. The van der Waals surface area contributed by atoms with Crippen molar-refractivity contribution in [3.05, 3.63) is 18.2 Å². The fourth-order valence-electron chi connectivity index (χ4n) is 2.27. The number of carbonyl (C=O) groups is 1. The fraction of sp³-hybridized carbons (Fsp3) is 0.588. The second-order valence-corrected chi connectivity index (χ2v) is 6.72. The average Bonchev–Trinajstić information content (AvgIpc) is 2.36. The van der Waals surface area contributed by atoms with Gasteiger partial charge in [0, 0.05) is 12.6 Å². The van der Waals surface area contributed by atoms with Gasteiger partial charge in [0.15, 0.2) is 0 Å². The van der Waals surface area contributed by atoms with Crippen molar-refractivity contribution in [2.24, 2.45) is 5.92 Å². The van der Waals surface area contributed by atoms with Crippen molar-refractivity contribution in [1.82, 2.24) is 0 Å². The molecule has 0 saturated heterocycles. The largest absolute Gasteiger partial charge is 0.497 e. The van der Waals surface area contributed by atoms with Crippen molar-refractivity contribution >= 4 is 17.5 Å². The van der Waals surface area contributed by atoms with Gasteiger partial charge in [0.05, 0.1) is 18.5 Å². The van der Waals surface area contributed by atoms with Crippen LogP contribution in [0.5, 0.6) is 5.75 Å². The van der Waals surface area contributed by atoms with Crippen LogP contribution in [0.4, 0.5) is 16.2 Å².